The number of aromatic nitrogens is 4. The van der Waals surface area contributed by atoms with Crippen molar-refractivity contribution in [1.82, 2.24) is 19.8 Å². The summed E-state index contributed by atoms with van der Waals surface area (Å²) in [5, 5.41) is 6.28. The molecule has 8 nitrogen and oxygen atoms in total. The van der Waals surface area contributed by atoms with E-state index in [1.807, 2.05) is 105 Å². The topological polar surface area (TPSA) is 75.8 Å². The lowest BCUT2D eigenvalue weighted by atomic mass is 9.87. The molecule has 0 fully saturated rings. The van der Waals surface area contributed by atoms with Crippen LogP contribution in [0.25, 0.3) is 0 Å². The van der Waals surface area contributed by atoms with Crippen molar-refractivity contribution in [3.63, 3.8) is 0 Å². The van der Waals surface area contributed by atoms with Crippen LogP contribution >= 0.6 is 0 Å². The zero-order chi connectivity index (χ0) is 23.8. The molecule has 0 atom stereocenters. The number of carbonyl (C=O) groups excluding carboxylic acids is 2. The first-order valence-corrected chi connectivity index (χ1v) is 10.6. The Hall–Kier alpha value is -3.42. The molecule has 0 spiro atoms. The predicted molar refractivity (Wildman–Crippen MR) is 121 cm³/mol. The lowest BCUT2D eigenvalue weighted by Crippen LogP contribution is -2.48. The summed E-state index contributed by atoms with van der Waals surface area (Å²) in [6.07, 6.45) is 7.39. The maximum absolute atomic E-state index is 12.9. The molecular weight excluding hydrogens is 404 g/mol. The number of benzene rings is 1. The number of nitrogens with zero attached hydrogens (tertiary/aromatic N) is 4. The molecule has 0 saturated carbocycles. The van der Waals surface area contributed by atoms with E-state index < -0.39 is 11.1 Å². The molecule has 2 aromatic heterocycles. The van der Waals surface area contributed by atoms with Crippen LogP contribution in [0.5, 0.6) is 0 Å². The third kappa shape index (κ3) is 4.44. The average molecular weight is 439 g/mol. The van der Waals surface area contributed by atoms with Crippen LogP contribution in [0.4, 0.5) is 0 Å². The monoisotopic (exact) mass is 438 g/mol. The zero-order valence-electron chi connectivity index (χ0n) is 20.2. The first kappa shape index (κ1) is 23.2. The molecule has 0 aliphatic heterocycles. The molecular formula is C24H34N6O2+2. The van der Waals surface area contributed by atoms with Gasteiger partial charge < -0.3 is 10.6 Å². The van der Waals surface area contributed by atoms with E-state index in [2.05, 4.69) is 10.6 Å². The Bertz CT molecular complexity index is 1040. The van der Waals surface area contributed by atoms with Gasteiger partial charge in [0.2, 0.25) is 0 Å². The van der Waals surface area contributed by atoms with E-state index in [4.69, 9.17) is 0 Å². The molecule has 3 rings (SSSR count). The lowest BCUT2D eigenvalue weighted by molar-refractivity contribution is -0.673. The molecule has 0 radical (unpaired) electrons. The number of amides is 2. The molecule has 2 amide bonds. The molecule has 2 heterocycles. The normalized spacial score (nSPS) is 12.0. The average Bonchev–Trinajstić information content (AvgIpc) is 3.21. The van der Waals surface area contributed by atoms with Gasteiger partial charge in [-0.2, -0.15) is 0 Å². The van der Waals surface area contributed by atoms with E-state index in [-0.39, 0.29) is 11.8 Å². The van der Waals surface area contributed by atoms with Crippen molar-refractivity contribution in [2.45, 2.75) is 38.8 Å². The van der Waals surface area contributed by atoms with Gasteiger partial charge in [-0.05, 0) is 38.8 Å². The zero-order valence-corrected chi connectivity index (χ0v) is 20.2. The van der Waals surface area contributed by atoms with Gasteiger partial charge in [-0.1, -0.05) is 24.3 Å². The van der Waals surface area contributed by atoms with Gasteiger partial charge in [-0.15, -0.1) is 0 Å². The summed E-state index contributed by atoms with van der Waals surface area (Å²) >= 11 is 0. The minimum Gasteiger partial charge on any atom is -0.337 e. The van der Waals surface area contributed by atoms with Gasteiger partial charge in [0, 0.05) is 0 Å². The van der Waals surface area contributed by atoms with Crippen molar-refractivity contribution >= 4 is 11.8 Å². The number of imidazole rings is 2. The fraction of sp³-hybridized carbons (Fsp3) is 0.417. The van der Waals surface area contributed by atoms with Crippen molar-refractivity contribution in [2.75, 3.05) is 0 Å². The molecule has 170 valence electrons. The summed E-state index contributed by atoms with van der Waals surface area (Å²) in [6, 6.07) is 7.97. The minimum absolute atomic E-state index is 0.154. The second-order valence-corrected chi connectivity index (χ2v) is 9.43. The van der Waals surface area contributed by atoms with Gasteiger partial charge in [-0.3, -0.25) is 9.59 Å². The van der Waals surface area contributed by atoms with Crippen molar-refractivity contribution in [1.29, 1.82) is 0 Å². The molecule has 3 aromatic rings. The number of nitrogens with one attached hydrogen (secondary N) is 2. The first-order valence-electron chi connectivity index (χ1n) is 10.6. The SMILES string of the molecule is Cn1cc[n+](C)c1C(=O)NC(C)(C)c1cccc(C(C)(C)NC(=O)c2n(C)cc[n+]2C)c1. The summed E-state index contributed by atoms with van der Waals surface area (Å²) in [5.74, 6) is 0.827. The second kappa shape index (κ2) is 8.26. The molecule has 0 aliphatic carbocycles. The fourth-order valence-corrected chi connectivity index (χ4v) is 3.94. The van der Waals surface area contributed by atoms with E-state index in [1.165, 1.54) is 0 Å². The number of hydrogen-bond donors (Lipinski definition) is 2. The third-order valence-corrected chi connectivity index (χ3v) is 5.93. The summed E-state index contributed by atoms with van der Waals surface area (Å²) < 4.78 is 7.18. The third-order valence-electron chi connectivity index (χ3n) is 5.93. The Labute approximate surface area is 189 Å². The molecule has 32 heavy (non-hydrogen) atoms. The highest BCUT2D eigenvalue weighted by Gasteiger charge is 2.32. The van der Waals surface area contributed by atoms with Crippen molar-refractivity contribution in [3.8, 4) is 0 Å². The Morgan fingerprint density at radius 3 is 1.47 bits per heavy atom. The van der Waals surface area contributed by atoms with Crippen LogP contribution < -0.4 is 19.8 Å². The maximum Gasteiger partial charge on any atom is 0.347 e. The van der Waals surface area contributed by atoms with E-state index in [0.717, 1.165) is 11.1 Å². The number of carbonyl (C=O) groups is 2. The Morgan fingerprint density at radius 1 is 0.781 bits per heavy atom. The second-order valence-electron chi connectivity index (χ2n) is 9.43. The van der Waals surface area contributed by atoms with Crippen LogP contribution in [0.2, 0.25) is 0 Å². The molecule has 0 saturated heterocycles. The van der Waals surface area contributed by atoms with Crippen LogP contribution in [-0.2, 0) is 39.3 Å². The van der Waals surface area contributed by atoms with Gasteiger partial charge in [-0.25, -0.2) is 18.3 Å². The Balaban J connectivity index is 1.84. The molecule has 0 unspecified atom stereocenters. The quantitative estimate of drug-likeness (QED) is 0.570. The van der Waals surface area contributed by atoms with E-state index in [9.17, 15) is 9.59 Å². The highest BCUT2D eigenvalue weighted by atomic mass is 16.2. The number of hydrogen-bond acceptors (Lipinski definition) is 2. The lowest BCUT2D eigenvalue weighted by Gasteiger charge is -2.30. The smallest absolute Gasteiger partial charge is 0.337 e. The molecule has 0 aliphatic rings. The highest BCUT2D eigenvalue weighted by Crippen LogP contribution is 2.27. The van der Waals surface area contributed by atoms with E-state index in [1.54, 1.807) is 18.3 Å². The van der Waals surface area contributed by atoms with Crippen LogP contribution in [0, 0.1) is 0 Å². The van der Waals surface area contributed by atoms with Gasteiger partial charge in [0.05, 0.1) is 39.3 Å². The van der Waals surface area contributed by atoms with Gasteiger partial charge >= 0.3 is 23.5 Å². The first-order chi connectivity index (χ1) is 14.8. The molecule has 0 bridgehead atoms. The standard InChI is InChI=1S/C24H32N6O2/c1-23(2,25-19(31)21-27(5)12-13-28(21)6)17-10-9-11-18(16-17)24(3,4)26-20(32)22-29(7)14-15-30(22)8/h9-16H,1-8H3/p+2. The minimum atomic E-state index is -0.616. The van der Waals surface area contributed by atoms with E-state index >= 15 is 0 Å². The van der Waals surface area contributed by atoms with Crippen molar-refractivity contribution < 1.29 is 18.7 Å². The maximum atomic E-state index is 12.9. The summed E-state index contributed by atoms with van der Waals surface area (Å²) in [4.78, 5) is 25.9. The molecule has 2 N–H and O–H groups in total. The van der Waals surface area contributed by atoms with Crippen LogP contribution in [0.1, 0.15) is 60.1 Å². The largest absolute Gasteiger partial charge is 0.347 e. The predicted octanol–water partition coefficient (Wildman–Crippen LogP) is 1.34. The van der Waals surface area contributed by atoms with E-state index in [0.29, 0.717) is 11.6 Å². The van der Waals surface area contributed by atoms with Crippen LogP contribution in [-0.4, -0.2) is 20.9 Å². The van der Waals surface area contributed by atoms with Crippen LogP contribution in [0.3, 0.4) is 0 Å². The Kier molecular flexibility index (Phi) is 6.00. The van der Waals surface area contributed by atoms with Gasteiger partial charge in [0.25, 0.3) is 0 Å². The van der Waals surface area contributed by atoms with Gasteiger partial charge in [0.15, 0.2) is 0 Å². The number of rotatable bonds is 6. The summed E-state index contributed by atoms with van der Waals surface area (Å²) in [7, 11) is 7.39. The Morgan fingerprint density at radius 2 is 1.16 bits per heavy atom. The summed E-state index contributed by atoms with van der Waals surface area (Å²) in [6.45, 7) is 7.90. The molecule has 1 aromatic carbocycles. The molecule has 8 heteroatoms. The fourth-order valence-electron chi connectivity index (χ4n) is 3.94. The van der Waals surface area contributed by atoms with Gasteiger partial charge in [0.1, 0.15) is 24.8 Å². The number of aryl methyl sites for hydroxylation is 4. The van der Waals surface area contributed by atoms with Crippen molar-refractivity contribution in [2.24, 2.45) is 28.2 Å². The summed E-state index contributed by atoms with van der Waals surface area (Å²) in [5.41, 5.74) is 0.670. The highest BCUT2D eigenvalue weighted by molar-refractivity contribution is 5.90. The van der Waals surface area contributed by atoms with Crippen LogP contribution in [0.15, 0.2) is 49.1 Å². The van der Waals surface area contributed by atoms with Crippen molar-refractivity contribution in [3.05, 3.63) is 71.8 Å².